The minimum absolute atomic E-state index is 0.0495. The van der Waals surface area contributed by atoms with Gasteiger partial charge in [-0.15, -0.1) is 0 Å². The van der Waals surface area contributed by atoms with Gasteiger partial charge in [-0.25, -0.2) is 4.68 Å². The van der Waals surface area contributed by atoms with Gasteiger partial charge in [0.05, 0.1) is 18.8 Å². The maximum atomic E-state index is 8.95. The van der Waals surface area contributed by atoms with E-state index in [4.69, 9.17) is 10.8 Å². The van der Waals surface area contributed by atoms with E-state index in [0.717, 1.165) is 12.1 Å². The standard InChI is InChI=1S/C15H21N3O/c1-10-6-11(2)14(12(3)7-10)8-13-9-15(16)18(17-13)4-5-19/h6-7,9,19H,4-5,8,16H2,1-3H3. The van der Waals surface area contributed by atoms with E-state index in [1.807, 2.05) is 6.07 Å². The van der Waals surface area contributed by atoms with Crippen LogP contribution in [0.25, 0.3) is 0 Å². The van der Waals surface area contributed by atoms with Crippen molar-refractivity contribution in [2.24, 2.45) is 0 Å². The van der Waals surface area contributed by atoms with Gasteiger partial charge in [0.15, 0.2) is 0 Å². The summed E-state index contributed by atoms with van der Waals surface area (Å²) in [5.41, 5.74) is 12.0. The molecule has 0 bridgehead atoms. The number of aliphatic hydroxyl groups excluding tert-OH is 1. The highest BCUT2D eigenvalue weighted by atomic mass is 16.3. The Morgan fingerprint density at radius 1 is 1.16 bits per heavy atom. The molecule has 0 spiro atoms. The van der Waals surface area contributed by atoms with Gasteiger partial charge in [0, 0.05) is 12.5 Å². The lowest BCUT2D eigenvalue weighted by Gasteiger charge is -2.09. The van der Waals surface area contributed by atoms with Crippen LogP contribution in [0.4, 0.5) is 5.82 Å². The Kier molecular flexibility index (Phi) is 3.90. The molecule has 4 nitrogen and oxygen atoms in total. The van der Waals surface area contributed by atoms with Crippen LogP contribution in [0.15, 0.2) is 18.2 Å². The average molecular weight is 259 g/mol. The summed E-state index contributed by atoms with van der Waals surface area (Å²) in [7, 11) is 0. The molecule has 0 fully saturated rings. The summed E-state index contributed by atoms with van der Waals surface area (Å²) < 4.78 is 1.65. The maximum absolute atomic E-state index is 8.95. The molecule has 1 aromatic carbocycles. The van der Waals surface area contributed by atoms with Crippen molar-refractivity contribution >= 4 is 5.82 Å². The number of hydrogen-bond donors (Lipinski definition) is 2. The van der Waals surface area contributed by atoms with Gasteiger partial charge in [0.25, 0.3) is 0 Å². The third kappa shape index (κ3) is 2.96. The SMILES string of the molecule is Cc1cc(C)c(Cc2cc(N)n(CCO)n2)c(C)c1. The molecule has 0 aliphatic heterocycles. The number of nitrogens with zero attached hydrogens (tertiary/aromatic N) is 2. The summed E-state index contributed by atoms with van der Waals surface area (Å²) >= 11 is 0. The third-order valence-electron chi connectivity index (χ3n) is 3.37. The van der Waals surface area contributed by atoms with Crippen LogP contribution in [0, 0.1) is 20.8 Å². The number of aryl methyl sites for hydroxylation is 3. The number of anilines is 1. The van der Waals surface area contributed by atoms with Crippen molar-refractivity contribution in [3.05, 3.63) is 46.1 Å². The second-order valence-electron chi connectivity index (χ2n) is 5.06. The minimum atomic E-state index is 0.0495. The Bertz CT molecular complexity index is 564. The number of aromatic nitrogens is 2. The first kappa shape index (κ1) is 13.6. The van der Waals surface area contributed by atoms with Gasteiger partial charge >= 0.3 is 0 Å². The van der Waals surface area contributed by atoms with Gasteiger partial charge in [-0.3, -0.25) is 0 Å². The number of hydrogen-bond acceptors (Lipinski definition) is 3. The molecule has 2 aromatic rings. The lowest BCUT2D eigenvalue weighted by atomic mass is 9.96. The van der Waals surface area contributed by atoms with Crippen molar-refractivity contribution in [2.75, 3.05) is 12.3 Å². The fourth-order valence-corrected chi connectivity index (χ4v) is 2.52. The lowest BCUT2D eigenvalue weighted by Crippen LogP contribution is -2.07. The zero-order chi connectivity index (χ0) is 14.0. The molecule has 4 heteroatoms. The van der Waals surface area contributed by atoms with E-state index >= 15 is 0 Å². The maximum Gasteiger partial charge on any atom is 0.122 e. The van der Waals surface area contributed by atoms with E-state index in [0.29, 0.717) is 12.4 Å². The minimum Gasteiger partial charge on any atom is -0.394 e. The topological polar surface area (TPSA) is 64.1 Å². The molecule has 0 amide bonds. The van der Waals surface area contributed by atoms with Crippen LogP contribution < -0.4 is 5.73 Å². The smallest absolute Gasteiger partial charge is 0.122 e. The van der Waals surface area contributed by atoms with Crippen LogP contribution in [-0.4, -0.2) is 21.5 Å². The van der Waals surface area contributed by atoms with E-state index in [1.54, 1.807) is 4.68 Å². The number of aliphatic hydroxyl groups is 1. The molecule has 19 heavy (non-hydrogen) atoms. The van der Waals surface area contributed by atoms with Crippen LogP contribution in [-0.2, 0) is 13.0 Å². The first-order valence-electron chi connectivity index (χ1n) is 6.51. The van der Waals surface area contributed by atoms with Crippen molar-refractivity contribution in [1.82, 2.24) is 9.78 Å². The molecule has 3 N–H and O–H groups in total. The Balaban J connectivity index is 2.29. The first-order chi connectivity index (χ1) is 9.01. The van der Waals surface area contributed by atoms with E-state index in [2.05, 4.69) is 38.0 Å². The molecule has 102 valence electrons. The predicted octanol–water partition coefficient (Wildman–Crippen LogP) is 1.97. The van der Waals surface area contributed by atoms with Gasteiger partial charge in [0.2, 0.25) is 0 Å². The Labute approximate surface area is 113 Å². The number of nitrogen functional groups attached to an aromatic ring is 1. The summed E-state index contributed by atoms with van der Waals surface area (Å²) in [6.07, 6.45) is 0.778. The van der Waals surface area contributed by atoms with E-state index in [-0.39, 0.29) is 6.61 Å². The van der Waals surface area contributed by atoms with Crippen LogP contribution in [0.3, 0.4) is 0 Å². The fraction of sp³-hybridized carbons (Fsp3) is 0.400. The van der Waals surface area contributed by atoms with E-state index < -0.39 is 0 Å². The number of rotatable bonds is 4. The normalized spacial score (nSPS) is 10.9. The van der Waals surface area contributed by atoms with Gasteiger partial charge in [-0.05, 0) is 37.5 Å². The quantitative estimate of drug-likeness (QED) is 0.882. The van der Waals surface area contributed by atoms with Crippen LogP contribution in [0.2, 0.25) is 0 Å². The van der Waals surface area contributed by atoms with Crippen molar-refractivity contribution in [1.29, 1.82) is 0 Å². The van der Waals surface area contributed by atoms with Gasteiger partial charge in [0.1, 0.15) is 5.82 Å². The van der Waals surface area contributed by atoms with Crippen molar-refractivity contribution < 1.29 is 5.11 Å². The fourth-order valence-electron chi connectivity index (χ4n) is 2.52. The molecule has 1 aromatic heterocycles. The molecule has 0 atom stereocenters. The molecule has 0 saturated carbocycles. The molecular weight excluding hydrogens is 238 g/mol. The number of benzene rings is 1. The van der Waals surface area contributed by atoms with Gasteiger partial charge in [-0.2, -0.15) is 5.10 Å². The summed E-state index contributed by atoms with van der Waals surface area (Å²) in [6, 6.07) is 6.27. The summed E-state index contributed by atoms with van der Waals surface area (Å²) in [5, 5.41) is 13.4. The zero-order valence-corrected chi connectivity index (χ0v) is 11.8. The molecule has 0 radical (unpaired) electrons. The lowest BCUT2D eigenvalue weighted by molar-refractivity contribution is 0.270. The molecule has 0 unspecified atom stereocenters. The molecule has 0 aliphatic carbocycles. The van der Waals surface area contributed by atoms with E-state index in [9.17, 15) is 0 Å². The summed E-state index contributed by atoms with van der Waals surface area (Å²) in [6.45, 7) is 6.86. The Morgan fingerprint density at radius 3 is 2.37 bits per heavy atom. The monoisotopic (exact) mass is 259 g/mol. The number of nitrogens with two attached hydrogens (primary N) is 1. The second-order valence-corrected chi connectivity index (χ2v) is 5.06. The van der Waals surface area contributed by atoms with Gasteiger partial charge < -0.3 is 10.8 Å². The van der Waals surface area contributed by atoms with Crippen LogP contribution >= 0.6 is 0 Å². The summed E-state index contributed by atoms with van der Waals surface area (Å²) in [4.78, 5) is 0. The first-order valence-corrected chi connectivity index (χ1v) is 6.51. The summed E-state index contributed by atoms with van der Waals surface area (Å²) in [5.74, 6) is 0.603. The highest BCUT2D eigenvalue weighted by Crippen LogP contribution is 2.20. The van der Waals surface area contributed by atoms with Crippen molar-refractivity contribution in [3.63, 3.8) is 0 Å². The zero-order valence-electron chi connectivity index (χ0n) is 11.8. The van der Waals surface area contributed by atoms with Gasteiger partial charge in [-0.1, -0.05) is 17.7 Å². The Hall–Kier alpha value is -1.81. The highest BCUT2D eigenvalue weighted by molar-refractivity contribution is 5.41. The van der Waals surface area contributed by atoms with Crippen LogP contribution in [0.1, 0.15) is 27.9 Å². The molecular formula is C15H21N3O. The molecule has 0 aliphatic rings. The van der Waals surface area contributed by atoms with Crippen molar-refractivity contribution in [2.45, 2.75) is 33.7 Å². The van der Waals surface area contributed by atoms with Crippen LogP contribution in [0.5, 0.6) is 0 Å². The highest BCUT2D eigenvalue weighted by Gasteiger charge is 2.09. The third-order valence-corrected chi connectivity index (χ3v) is 3.37. The Morgan fingerprint density at radius 2 is 1.79 bits per heavy atom. The average Bonchev–Trinajstić information content (AvgIpc) is 2.65. The van der Waals surface area contributed by atoms with E-state index in [1.165, 1.54) is 22.3 Å². The van der Waals surface area contributed by atoms with Crippen molar-refractivity contribution in [3.8, 4) is 0 Å². The molecule has 0 saturated heterocycles. The molecule has 2 rings (SSSR count). The second kappa shape index (κ2) is 5.45. The largest absolute Gasteiger partial charge is 0.394 e. The predicted molar refractivity (Wildman–Crippen MR) is 77.2 cm³/mol. The molecule has 1 heterocycles.